The van der Waals surface area contributed by atoms with Crippen LogP contribution >= 0.6 is 0 Å². The van der Waals surface area contributed by atoms with E-state index >= 15 is 0 Å². The van der Waals surface area contributed by atoms with Crippen LogP contribution in [-0.2, 0) is 4.79 Å². The standard InChI is InChI=1S/C10H15NO/c12-10-7-3-1-2-5-9-6-4-8-11(9)10/h1-2,9H,3-8H2. The predicted octanol–water partition coefficient (Wildman–Crippen LogP) is 1.72. The van der Waals surface area contributed by atoms with Gasteiger partial charge in [0.25, 0.3) is 0 Å². The molecule has 2 aliphatic rings. The fraction of sp³-hybridized carbons (Fsp3) is 0.700. The molecular formula is C10H15NO. The first-order chi connectivity index (χ1) is 5.88. The van der Waals surface area contributed by atoms with Crippen LogP contribution < -0.4 is 0 Å². The van der Waals surface area contributed by atoms with Crippen molar-refractivity contribution >= 4 is 5.91 Å². The first-order valence-corrected chi connectivity index (χ1v) is 4.82. The highest BCUT2D eigenvalue weighted by Gasteiger charge is 2.27. The van der Waals surface area contributed by atoms with Gasteiger partial charge in [0.05, 0.1) is 0 Å². The van der Waals surface area contributed by atoms with Gasteiger partial charge in [0, 0.05) is 19.0 Å². The third-order valence-corrected chi connectivity index (χ3v) is 2.80. The van der Waals surface area contributed by atoms with E-state index in [2.05, 4.69) is 17.1 Å². The number of nitrogens with zero attached hydrogens (tertiary/aromatic N) is 1. The molecule has 2 aliphatic heterocycles. The van der Waals surface area contributed by atoms with Crippen molar-refractivity contribution in [3.05, 3.63) is 12.2 Å². The number of hydrogen-bond donors (Lipinski definition) is 0. The van der Waals surface area contributed by atoms with Crippen molar-refractivity contribution in [1.29, 1.82) is 0 Å². The Morgan fingerprint density at radius 2 is 2.33 bits per heavy atom. The minimum Gasteiger partial charge on any atom is -0.339 e. The van der Waals surface area contributed by atoms with Crippen molar-refractivity contribution in [2.24, 2.45) is 0 Å². The van der Waals surface area contributed by atoms with Crippen molar-refractivity contribution in [2.45, 2.75) is 38.1 Å². The van der Waals surface area contributed by atoms with Crippen LogP contribution in [0.5, 0.6) is 0 Å². The van der Waals surface area contributed by atoms with Crippen LogP contribution in [0.15, 0.2) is 12.2 Å². The Morgan fingerprint density at radius 3 is 3.25 bits per heavy atom. The highest BCUT2D eigenvalue weighted by molar-refractivity contribution is 5.77. The smallest absolute Gasteiger partial charge is 0.223 e. The molecule has 1 unspecified atom stereocenters. The van der Waals surface area contributed by atoms with E-state index in [0.29, 0.717) is 18.4 Å². The molecule has 1 saturated heterocycles. The number of rotatable bonds is 0. The summed E-state index contributed by atoms with van der Waals surface area (Å²) in [5.41, 5.74) is 0. The summed E-state index contributed by atoms with van der Waals surface area (Å²) in [5.74, 6) is 0.363. The quantitative estimate of drug-likeness (QED) is 0.500. The Bertz CT molecular complexity index is 210. The molecule has 0 aromatic heterocycles. The van der Waals surface area contributed by atoms with Crippen LogP contribution in [0.25, 0.3) is 0 Å². The van der Waals surface area contributed by atoms with Crippen molar-refractivity contribution in [3.8, 4) is 0 Å². The summed E-state index contributed by atoms with van der Waals surface area (Å²) >= 11 is 0. The Labute approximate surface area is 73.2 Å². The van der Waals surface area contributed by atoms with Gasteiger partial charge in [-0.3, -0.25) is 4.79 Å². The molecule has 1 amide bonds. The zero-order valence-electron chi connectivity index (χ0n) is 7.33. The summed E-state index contributed by atoms with van der Waals surface area (Å²) in [7, 11) is 0. The topological polar surface area (TPSA) is 20.3 Å². The molecule has 0 saturated carbocycles. The summed E-state index contributed by atoms with van der Waals surface area (Å²) in [6, 6.07) is 0.522. The van der Waals surface area contributed by atoms with Gasteiger partial charge in [0.1, 0.15) is 0 Å². The highest BCUT2D eigenvalue weighted by Crippen LogP contribution is 2.23. The number of fused-ring (bicyclic) bond motifs is 1. The molecular weight excluding hydrogens is 150 g/mol. The maximum absolute atomic E-state index is 11.5. The largest absolute Gasteiger partial charge is 0.339 e. The van der Waals surface area contributed by atoms with Crippen LogP contribution in [0.3, 0.4) is 0 Å². The van der Waals surface area contributed by atoms with E-state index in [1.165, 1.54) is 12.8 Å². The molecule has 0 bridgehead atoms. The number of carbonyl (C=O) groups is 1. The molecule has 0 aromatic rings. The van der Waals surface area contributed by atoms with E-state index in [1.807, 2.05) is 0 Å². The Morgan fingerprint density at radius 1 is 1.42 bits per heavy atom. The third-order valence-electron chi connectivity index (χ3n) is 2.80. The molecule has 1 atom stereocenters. The van der Waals surface area contributed by atoms with Gasteiger partial charge in [-0.2, -0.15) is 0 Å². The molecule has 0 radical (unpaired) electrons. The van der Waals surface area contributed by atoms with E-state index in [9.17, 15) is 4.79 Å². The molecule has 0 N–H and O–H groups in total. The first kappa shape index (κ1) is 7.84. The van der Waals surface area contributed by atoms with Crippen molar-refractivity contribution < 1.29 is 4.79 Å². The van der Waals surface area contributed by atoms with Crippen LogP contribution in [0.4, 0.5) is 0 Å². The van der Waals surface area contributed by atoms with Crippen molar-refractivity contribution in [2.75, 3.05) is 6.54 Å². The fourth-order valence-corrected chi connectivity index (χ4v) is 2.13. The third kappa shape index (κ3) is 1.38. The van der Waals surface area contributed by atoms with Crippen molar-refractivity contribution in [3.63, 3.8) is 0 Å². The minimum atomic E-state index is 0.363. The van der Waals surface area contributed by atoms with Gasteiger partial charge in [-0.1, -0.05) is 12.2 Å². The zero-order valence-corrected chi connectivity index (χ0v) is 7.33. The summed E-state index contributed by atoms with van der Waals surface area (Å²) in [6.45, 7) is 0.997. The lowest BCUT2D eigenvalue weighted by molar-refractivity contribution is -0.131. The Hall–Kier alpha value is -0.790. The second-order valence-electron chi connectivity index (χ2n) is 3.63. The van der Waals surface area contributed by atoms with Crippen LogP contribution in [0.2, 0.25) is 0 Å². The van der Waals surface area contributed by atoms with Gasteiger partial charge in [-0.05, 0) is 25.7 Å². The van der Waals surface area contributed by atoms with E-state index in [-0.39, 0.29) is 0 Å². The van der Waals surface area contributed by atoms with E-state index in [1.54, 1.807) is 0 Å². The molecule has 1 fully saturated rings. The van der Waals surface area contributed by atoms with Crippen molar-refractivity contribution in [1.82, 2.24) is 4.90 Å². The lowest BCUT2D eigenvalue weighted by Gasteiger charge is -2.24. The molecule has 2 rings (SSSR count). The minimum absolute atomic E-state index is 0.363. The van der Waals surface area contributed by atoms with Gasteiger partial charge in [-0.25, -0.2) is 0 Å². The van der Waals surface area contributed by atoms with Gasteiger partial charge in [0.15, 0.2) is 0 Å². The SMILES string of the molecule is O=C1CCC=CCC2CCCN12. The summed E-state index contributed by atoms with van der Waals surface area (Å²) < 4.78 is 0. The second kappa shape index (κ2) is 3.30. The van der Waals surface area contributed by atoms with E-state index in [4.69, 9.17) is 0 Å². The molecule has 2 nitrogen and oxygen atoms in total. The summed E-state index contributed by atoms with van der Waals surface area (Å²) in [6.07, 6.45) is 9.50. The average Bonchev–Trinajstić information content (AvgIpc) is 2.47. The molecule has 12 heavy (non-hydrogen) atoms. The lowest BCUT2D eigenvalue weighted by atomic mass is 10.1. The summed E-state index contributed by atoms with van der Waals surface area (Å²) in [5, 5.41) is 0. The predicted molar refractivity (Wildman–Crippen MR) is 47.7 cm³/mol. The van der Waals surface area contributed by atoms with E-state index < -0.39 is 0 Å². The average molecular weight is 165 g/mol. The zero-order chi connectivity index (χ0) is 8.39. The number of amides is 1. The maximum atomic E-state index is 11.5. The normalized spacial score (nSPS) is 29.8. The van der Waals surface area contributed by atoms with Crippen LogP contribution in [0, 0.1) is 0 Å². The maximum Gasteiger partial charge on any atom is 0.223 e. The van der Waals surface area contributed by atoms with Gasteiger partial charge >= 0.3 is 0 Å². The van der Waals surface area contributed by atoms with Gasteiger partial charge in [0.2, 0.25) is 5.91 Å². The Kier molecular flexibility index (Phi) is 2.15. The molecule has 0 spiro atoms. The highest BCUT2D eigenvalue weighted by atomic mass is 16.2. The van der Waals surface area contributed by atoms with Gasteiger partial charge in [-0.15, -0.1) is 0 Å². The molecule has 2 heterocycles. The monoisotopic (exact) mass is 165 g/mol. The molecule has 0 aliphatic carbocycles. The molecule has 66 valence electrons. The van der Waals surface area contributed by atoms with Crippen LogP contribution in [0.1, 0.15) is 32.1 Å². The second-order valence-corrected chi connectivity index (χ2v) is 3.63. The summed E-state index contributed by atoms with van der Waals surface area (Å²) in [4.78, 5) is 13.6. The fourth-order valence-electron chi connectivity index (χ4n) is 2.13. The number of hydrogen-bond acceptors (Lipinski definition) is 1. The first-order valence-electron chi connectivity index (χ1n) is 4.82. The lowest BCUT2D eigenvalue weighted by Crippen LogP contribution is -2.35. The van der Waals surface area contributed by atoms with Crippen LogP contribution in [-0.4, -0.2) is 23.4 Å². The van der Waals surface area contributed by atoms with Gasteiger partial charge < -0.3 is 4.90 Å². The number of carbonyl (C=O) groups excluding carboxylic acids is 1. The molecule has 2 heteroatoms. The Balaban J connectivity index is 2.11. The van der Waals surface area contributed by atoms with E-state index in [0.717, 1.165) is 19.4 Å². The molecule has 0 aromatic carbocycles. The number of allylic oxidation sites excluding steroid dienone is 1.